The van der Waals surface area contributed by atoms with Gasteiger partial charge in [0.2, 0.25) is 47.3 Å². The van der Waals surface area contributed by atoms with E-state index in [1.165, 1.54) is 12.5 Å². The first-order valence-electron chi connectivity index (χ1n) is 23.7. The zero-order valence-electron chi connectivity index (χ0n) is 40.7. The second-order valence-electron chi connectivity index (χ2n) is 17.3. The lowest BCUT2D eigenvalue weighted by Crippen LogP contribution is -2.60. The number of carbonyl (C=O) groups excluding carboxylic acids is 8. The second kappa shape index (κ2) is 29.1. The molecule has 0 aliphatic heterocycles. The van der Waals surface area contributed by atoms with Crippen LogP contribution >= 0.6 is 0 Å². The van der Waals surface area contributed by atoms with Gasteiger partial charge >= 0.3 is 5.97 Å². The molecule has 0 spiro atoms. The Labute approximate surface area is 420 Å². The van der Waals surface area contributed by atoms with E-state index in [2.05, 4.69) is 57.2 Å². The summed E-state index contributed by atoms with van der Waals surface area (Å²) in [5.41, 5.74) is 19.3. The number of carbonyl (C=O) groups is 9. The van der Waals surface area contributed by atoms with Gasteiger partial charge in [0, 0.05) is 68.1 Å². The summed E-state index contributed by atoms with van der Waals surface area (Å²) in [6, 6.07) is 6.16. The third kappa shape index (κ3) is 19.1. The molecule has 17 N–H and O–H groups in total. The fraction of sp³-hybridized carbons (Fsp3) is 0.438. The molecule has 2 heterocycles. The molecular formula is C48H66N14O11. The molecule has 0 fully saturated rings. The molecule has 2 aromatic heterocycles. The van der Waals surface area contributed by atoms with Crippen LogP contribution in [0.3, 0.4) is 0 Å². The Morgan fingerprint density at radius 1 is 0.630 bits per heavy atom. The van der Waals surface area contributed by atoms with Gasteiger partial charge in [-0.1, -0.05) is 68.3 Å². The topological polar surface area (TPSA) is 413 Å². The predicted octanol–water partition coefficient (Wildman–Crippen LogP) is -2.08. The molecule has 0 saturated heterocycles. The number of rotatable bonds is 31. The van der Waals surface area contributed by atoms with Crippen LogP contribution in [0.4, 0.5) is 0 Å². The van der Waals surface area contributed by atoms with E-state index in [9.17, 15) is 53.4 Å². The largest absolute Gasteiger partial charge is 0.481 e. The number of aliphatic hydroxyl groups excluding tert-OH is 1. The minimum Gasteiger partial charge on any atom is -0.481 e. The molecule has 0 bridgehead atoms. The smallest absolute Gasteiger partial charge is 0.303 e. The zero-order chi connectivity index (χ0) is 53.5. The van der Waals surface area contributed by atoms with E-state index in [1.54, 1.807) is 36.5 Å². The van der Waals surface area contributed by atoms with Gasteiger partial charge in [-0.05, 0) is 42.9 Å². The molecule has 8 amide bonds. The molecule has 394 valence electrons. The fourth-order valence-electron chi connectivity index (χ4n) is 7.69. The number of nitrogens with zero attached hydrogens (tertiary/aromatic N) is 2. The third-order valence-electron chi connectivity index (χ3n) is 11.5. The van der Waals surface area contributed by atoms with Gasteiger partial charge in [-0.25, -0.2) is 4.98 Å². The van der Waals surface area contributed by atoms with Crippen LogP contribution in [0.15, 0.2) is 78.3 Å². The number of carboxylic acid groups (broad SMARTS) is 1. The van der Waals surface area contributed by atoms with Crippen molar-refractivity contribution in [3.05, 3.63) is 90.1 Å². The molecule has 0 saturated carbocycles. The minimum atomic E-state index is -1.59. The quantitative estimate of drug-likeness (QED) is 0.0146. The van der Waals surface area contributed by atoms with Crippen LogP contribution in [0.5, 0.6) is 0 Å². The van der Waals surface area contributed by atoms with Crippen molar-refractivity contribution in [2.24, 2.45) is 22.2 Å². The number of imidazole rings is 1. The maximum absolute atomic E-state index is 14.5. The van der Waals surface area contributed by atoms with Gasteiger partial charge < -0.3 is 74.6 Å². The molecule has 0 unspecified atom stereocenters. The van der Waals surface area contributed by atoms with E-state index < -0.39 is 115 Å². The minimum absolute atomic E-state index is 0.0116. The predicted molar refractivity (Wildman–Crippen MR) is 266 cm³/mol. The Morgan fingerprint density at radius 3 is 1.71 bits per heavy atom. The van der Waals surface area contributed by atoms with E-state index in [-0.39, 0.29) is 51.0 Å². The zero-order valence-corrected chi connectivity index (χ0v) is 40.7. The number of unbranched alkanes of at least 4 members (excludes halogenated alkanes) is 1. The number of nitrogens with two attached hydrogens (primary N) is 3. The summed E-state index contributed by atoms with van der Waals surface area (Å²) in [7, 11) is 0. The van der Waals surface area contributed by atoms with Crippen LogP contribution < -0.4 is 54.4 Å². The highest BCUT2D eigenvalue weighted by Gasteiger charge is 2.35. The number of carboxylic acids is 1. The molecule has 2 aromatic carbocycles. The number of para-hydroxylation sites is 1. The SMILES string of the molecule is CCCC[C@H](NC(=O)[C@H](CO)NC(C)=O)C(=O)N[C@@H](CCC(=O)O)C(=O)N[C@@H](Cc1cnc[nH]1)C(=O)N[C@H](Cc1ccccc1)C(=O)N[C@@H](CCCN=C(N)N)C(=O)N[C@@H](Cc1c[nH]c2ccccc12)C(N)=O. The molecule has 0 aliphatic rings. The summed E-state index contributed by atoms with van der Waals surface area (Å²) in [6.07, 6.45) is 4.17. The first kappa shape index (κ1) is 57.2. The monoisotopic (exact) mass is 1010 g/mol. The lowest BCUT2D eigenvalue weighted by Gasteiger charge is -2.28. The fourth-order valence-corrected chi connectivity index (χ4v) is 7.69. The van der Waals surface area contributed by atoms with Crippen LogP contribution in [-0.4, -0.2) is 140 Å². The van der Waals surface area contributed by atoms with Gasteiger partial charge in [-0.2, -0.15) is 0 Å². The van der Waals surface area contributed by atoms with Crippen molar-refractivity contribution in [3.8, 4) is 0 Å². The van der Waals surface area contributed by atoms with Crippen LogP contribution in [0, 0.1) is 0 Å². The number of H-pyrrole nitrogens is 2. The van der Waals surface area contributed by atoms with Crippen molar-refractivity contribution < 1.29 is 53.4 Å². The molecule has 4 aromatic rings. The number of aliphatic carboxylic acids is 1. The lowest BCUT2D eigenvalue weighted by molar-refractivity contribution is -0.138. The number of fused-ring (bicyclic) bond motifs is 1. The van der Waals surface area contributed by atoms with Gasteiger partial charge in [-0.15, -0.1) is 0 Å². The van der Waals surface area contributed by atoms with Crippen molar-refractivity contribution in [2.45, 2.75) is 120 Å². The average molecular weight is 1020 g/mol. The Morgan fingerprint density at radius 2 is 1.16 bits per heavy atom. The number of guanidine groups is 1. The number of amides is 8. The van der Waals surface area contributed by atoms with Crippen LogP contribution in [-0.2, 0) is 62.4 Å². The van der Waals surface area contributed by atoms with Crippen molar-refractivity contribution in [1.29, 1.82) is 0 Å². The number of primary amides is 1. The highest BCUT2D eigenvalue weighted by molar-refractivity contribution is 5.98. The molecule has 4 rings (SSSR count). The van der Waals surface area contributed by atoms with Crippen LogP contribution in [0.2, 0.25) is 0 Å². The maximum Gasteiger partial charge on any atom is 0.303 e. The summed E-state index contributed by atoms with van der Waals surface area (Å²) in [5.74, 6) is -8.28. The number of aliphatic hydroxyl groups is 1. The Balaban J connectivity index is 1.62. The van der Waals surface area contributed by atoms with Gasteiger partial charge in [0.05, 0.1) is 12.9 Å². The highest BCUT2D eigenvalue weighted by atomic mass is 16.4. The Bertz CT molecular complexity index is 2530. The van der Waals surface area contributed by atoms with E-state index in [0.29, 0.717) is 29.7 Å². The first-order valence-corrected chi connectivity index (χ1v) is 23.7. The molecular weight excluding hydrogens is 949 g/mol. The Hall–Kier alpha value is -8.35. The van der Waals surface area contributed by atoms with Crippen LogP contribution in [0.1, 0.15) is 75.6 Å². The standard InChI is InChI=1S/C48H66N14O11/c1-3-4-14-33(58-47(73)39(25-63)56-27(2)64)42(68)59-35(17-18-40(65)66)44(70)62-38(22-30-24-52-26-55-30)46(72)61-37(20-28-11-6-5-7-12-28)45(71)57-34(16-10-19-53-48(50)51)43(69)60-36(41(49)67)21-29-23-54-32-15-9-8-13-31(29)32/h5-9,11-13,15,23-24,26,33-39,54,63H,3-4,10,14,16-22,25H2,1-2H3,(H2,49,67)(H,52,55)(H,56,64)(H,57,71)(H,58,73)(H,59,68)(H,60,69)(H,61,72)(H,62,70)(H,65,66)(H4,50,51,53)/t33-,34-,35-,36-,37+,38-,39-/m0/s1. The van der Waals surface area contributed by atoms with Crippen LogP contribution in [0.25, 0.3) is 10.9 Å². The number of hydrogen-bond donors (Lipinski definition) is 14. The number of nitrogens with one attached hydrogen (secondary N) is 9. The average Bonchev–Trinajstić information content (AvgIpc) is 4.03. The van der Waals surface area contributed by atoms with E-state index in [4.69, 9.17) is 17.2 Å². The van der Waals surface area contributed by atoms with Gasteiger partial charge in [0.1, 0.15) is 42.3 Å². The molecule has 73 heavy (non-hydrogen) atoms. The molecule has 25 heteroatoms. The first-order chi connectivity index (χ1) is 34.9. The van der Waals surface area contributed by atoms with E-state index in [1.807, 2.05) is 31.2 Å². The van der Waals surface area contributed by atoms with Gasteiger partial charge in [0.15, 0.2) is 5.96 Å². The number of aliphatic imine (C=N–C) groups is 1. The summed E-state index contributed by atoms with van der Waals surface area (Å²) >= 11 is 0. The summed E-state index contributed by atoms with van der Waals surface area (Å²) in [6.45, 7) is 2.25. The molecule has 0 radical (unpaired) electrons. The molecule has 7 atom stereocenters. The van der Waals surface area contributed by atoms with Gasteiger partial charge in [-0.3, -0.25) is 48.1 Å². The summed E-state index contributed by atoms with van der Waals surface area (Å²) in [4.78, 5) is 134. The second-order valence-corrected chi connectivity index (χ2v) is 17.3. The molecule has 25 nitrogen and oxygen atoms in total. The number of hydrogen-bond acceptors (Lipinski definition) is 12. The summed E-state index contributed by atoms with van der Waals surface area (Å²) < 4.78 is 0. The lowest BCUT2D eigenvalue weighted by atomic mass is 10.0. The van der Waals surface area contributed by atoms with Crippen molar-refractivity contribution in [3.63, 3.8) is 0 Å². The van der Waals surface area contributed by atoms with E-state index in [0.717, 1.165) is 17.8 Å². The highest BCUT2D eigenvalue weighted by Crippen LogP contribution is 2.19. The molecule has 0 aliphatic carbocycles. The van der Waals surface area contributed by atoms with Crippen molar-refractivity contribution in [1.82, 2.24) is 52.2 Å². The van der Waals surface area contributed by atoms with Gasteiger partial charge in [0.25, 0.3) is 0 Å². The van der Waals surface area contributed by atoms with Crippen molar-refractivity contribution in [2.75, 3.05) is 13.2 Å². The summed E-state index contributed by atoms with van der Waals surface area (Å²) in [5, 5.41) is 38.0. The van der Waals surface area contributed by atoms with E-state index >= 15 is 0 Å². The normalized spacial score (nSPS) is 13.8. The number of aromatic nitrogens is 3. The Kier molecular flexibility index (Phi) is 22.8. The number of benzene rings is 2. The maximum atomic E-state index is 14.5. The third-order valence-corrected chi connectivity index (χ3v) is 11.5. The van der Waals surface area contributed by atoms with Crippen molar-refractivity contribution >= 4 is 70.1 Å². The number of aromatic amines is 2.